The molecule has 4 heterocycles. The summed E-state index contributed by atoms with van der Waals surface area (Å²) in [6.07, 6.45) is 6.73. The van der Waals surface area contributed by atoms with Crippen molar-refractivity contribution in [2.24, 2.45) is 0 Å². The number of fused-ring (bicyclic) bond motifs is 1. The van der Waals surface area contributed by atoms with Gasteiger partial charge in [0.15, 0.2) is 0 Å². The van der Waals surface area contributed by atoms with Crippen LogP contribution in [0, 0.1) is 0 Å². The minimum Gasteiger partial charge on any atom is -0.322 e. The zero-order chi connectivity index (χ0) is 20.0. The number of hydrogen-bond donors (Lipinski definition) is 2. The fraction of sp³-hybridized carbons (Fsp3) is 0.429. The molecule has 2 saturated heterocycles. The number of hydrogen-bond acceptors (Lipinski definition) is 5. The van der Waals surface area contributed by atoms with Crippen molar-refractivity contribution in [1.82, 2.24) is 25.3 Å². The molecule has 1 unspecified atom stereocenters. The standard InChI is InChI=1S/C21H23N5O3/c27-19-4-3-18(20(28)24-19)25-11-14-9-13(1-2-17(14)21(25)29)15-10-23-26(12-15)16-5-7-22-8-6-16/h1-2,9-10,12,16,18,22H,3-8,11H2,(H,24,27,28). The summed E-state index contributed by atoms with van der Waals surface area (Å²) in [5, 5.41) is 10.3. The van der Waals surface area contributed by atoms with Gasteiger partial charge in [-0.3, -0.25) is 24.4 Å². The van der Waals surface area contributed by atoms with E-state index in [-0.39, 0.29) is 24.1 Å². The average molecular weight is 393 g/mol. The highest BCUT2D eigenvalue weighted by atomic mass is 16.2. The average Bonchev–Trinajstić information content (AvgIpc) is 3.34. The molecular formula is C21H23N5O3. The van der Waals surface area contributed by atoms with E-state index in [0.29, 0.717) is 24.6 Å². The second-order valence-corrected chi connectivity index (χ2v) is 7.96. The maximum Gasteiger partial charge on any atom is 0.255 e. The van der Waals surface area contributed by atoms with Crippen LogP contribution in [0.25, 0.3) is 11.1 Å². The summed E-state index contributed by atoms with van der Waals surface area (Å²) < 4.78 is 2.05. The van der Waals surface area contributed by atoms with E-state index < -0.39 is 6.04 Å². The van der Waals surface area contributed by atoms with Crippen LogP contribution in [-0.4, -0.2) is 51.5 Å². The molecule has 0 spiro atoms. The molecule has 2 fully saturated rings. The Bertz CT molecular complexity index is 992. The molecule has 1 atom stereocenters. The normalized spacial score (nSPS) is 22.7. The summed E-state index contributed by atoms with van der Waals surface area (Å²) in [5.74, 6) is -0.805. The fourth-order valence-electron chi connectivity index (χ4n) is 4.51. The summed E-state index contributed by atoms with van der Waals surface area (Å²) in [4.78, 5) is 38.0. The van der Waals surface area contributed by atoms with Crippen molar-refractivity contribution in [1.29, 1.82) is 0 Å². The van der Waals surface area contributed by atoms with Crippen LogP contribution in [0.15, 0.2) is 30.6 Å². The second kappa shape index (κ2) is 7.11. The smallest absolute Gasteiger partial charge is 0.255 e. The van der Waals surface area contributed by atoms with Crippen LogP contribution in [0.2, 0.25) is 0 Å². The summed E-state index contributed by atoms with van der Waals surface area (Å²) in [6.45, 7) is 2.41. The van der Waals surface area contributed by atoms with Crippen molar-refractivity contribution >= 4 is 17.7 Å². The highest BCUT2D eigenvalue weighted by Gasteiger charge is 2.39. The first-order valence-corrected chi connectivity index (χ1v) is 10.1. The number of imide groups is 1. The fourth-order valence-corrected chi connectivity index (χ4v) is 4.51. The van der Waals surface area contributed by atoms with Crippen LogP contribution in [0.3, 0.4) is 0 Å². The lowest BCUT2D eigenvalue weighted by Gasteiger charge is -2.29. The van der Waals surface area contributed by atoms with Gasteiger partial charge in [0, 0.05) is 30.3 Å². The van der Waals surface area contributed by atoms with Crippen LogP contribution >= 0.6 is 0 Å². The Labute approximate surface area is 168 Å². The Kier molecular flexibility index (Phi) is 4.43. The third-order valence-electron chi connectivity index (χ3n) is 6.14. The summed E-state index contributed by atoms with van der Waals surface area (Å²) in [7, 11) is 0. The second-order valence-electron chi connectivity index (χ2n) is 7.96. The first-order chi connectivity index (χ1) is 14.1. The van der Waals surface area contributed by atoms with E-state index in [9.17, 15) is 14.4 Å². The topological polar surface area (TPSA) is 96.3 Å². The molecule has 2 aromatic rings. The molecule has 3 aliphatic heterocycles. The first-order valence-electron chi connectivity index (χ1n) is 10.1. The minimum atomic E-state index is -0.585. The molecule has 3 amide bonds. The van der Waals surface area contributed by atoms with Gasteiger partial charge in [0.1, 0.15) is 6.04 Å². The number of aromatic nitrogens is 2. The van der Waals surface area contributed by atoms with Gasteiger partial charge in [-0.25, -0.2) is 0 Å². The summed E-state index contributed by atoms with van der Waals surface area (Å²) in [5.41, 5.74) is 3.58. The predicted octanol–water partition coefficient (Wildman–Crippen LogP) is 1.24. The van der Waals surface area contributed by atoms with Crippen molar-refractivity contribution in [3.63, 3.8) is 0 Å². The molecule has 150 valence electrons. The van der Waals surface area contributed by atoms with Gasteiger partial charge in [-0.2, -0.15) is 5.10 Å². The number of nitrogens with one attached hydrogen (secondary N) is 2. The number of nitrogens with zero attached hydrogens (tertiary/aromatic N) is 3. The van der Waals surface area contributed by atoms with Gasteiger partial charge in [0.2, 0.25) is 11.8 Å². The largest absolute Gasteiger partial charge is 0.322 e. The van der Waals surface area contributed by atoms with Crippen LogP contribution in [-0.2, 0) is 16.1 Å². The van der Waals surface area contributed by atoms with E-state index in [1.807, 2.05) is 29.1 Å². The van der Waals surface area contributed by atoms with E-state index in [4.69, 9.17) is 0 Å². The van der Waals surface area contributed by atoms with E-state index in [2.05, 4.69) is 21.9 Å². The van der Waals surface area contributed by atoms with Crippen molar-refractivity contribution < 1.29 is 14.4 Å². The van der Waals surface area contributed by atoms with Gasteiger partial charge >= 0.3 is 0 Å². The van der Waals surface area contributed by atoms with Crippen LogP contribution in [0.5, 0.6) is 0 Å². The number of carbonyl (C=O) groups excluding carboxylic acids is 3. The lowest BCUT2D eigenvalue weighted by Crippen LogP contribution is -2.52. The number of carbonyl (C=O) groups is 3. The highest BCUT2D eigenvalue weighted by Crippen LogP contribution is 2.31. The Morgan fingerprint density at radius 1 is 1.03 bits per heavy atom. The van der Waals surface area contributed by atoms with Gasteiger partial charge in [0.05, 0.1) is 12.2 Å². The molecule has 0 saturated carbocycles. The Hall–Kier alpha value is -3.00. The molecule has 1 aromatic heterocycles. The molecule has 3 aliphatic rings. The van der Waals surface area contributed by atoms with Crippen molar-refractivity contribution in [2.45, 2.75) is 44.3 Å². The molecule has 1 aromatic carbocycles. The highest BCUT2D eigenvalue weighted by molar-refractivity contribution is 6.05. The summed E-state index contributed by atoms with van der Waals surface area (Å²) in [6, 6.07) is 5.63. The third kappa shape index (κ3) is 3.23. The van der Waals surface area contributed by atoms with E-state index in [1.165, 1.54) is 0 Å². The van der Waals surface area contributed by atoms with Crippen molar-refractivity contribution in [3.8, 4) is 11.1 Å². The quantitative estimate of drug-likeness (QED) is 0.765. The molecule has 29 heavy (non-hydrogen) atoms. The number of benzene rings is 1. The van der Waals surface area contributed by atoms with Crippen LogP contribution in [0.1, 0.15) is 47.6 Å². The summed E-state index contributed by atoms with van der Waals surface area (Å²) >= 11 is 0. The van der Waals surface area contributed by atoms with Gasteiger partial charge in [-0.15, -0.1) is 0 Å². The van der Waals surface area contributed by atoms with Gasteiger partial charge in [-0.05, 0) is 55.6 Å². The predicted molar refractivity (Wildman–Crippen MR) is 105 cm³/mol. The van der Waals surface area contributed by atoms with E-state index in [0.717, 1.165) is 42.6 Å². The molecule has 5 rings (SSSR count). The van der Waals surface area contributed by atoms with Crippen molar-refractivity contribution in [2.75, 3.05) is 13.1 Å². The Morgan fingerprint density at radius 2 is 1.86 bits per heavy atom. The molecule has 8 heteroatoms. The number of rotatable bonds is 3. The Morgan fingerprint density at radius 3 is 2.66 bits per heavy atom. The Balaban J connectivity index is 1.37. The molecule has 8 nitrogen and oxygen atoms in total. The van der Waals surface area contributed by atoms with Crippen LogP contribution in [0.4, 0.5) is 0 Å². The van der Waals surface area contributed by atoms with E-state index >= 15 is 0 Å². The minimum absolute atomic E-state index is 0.147. The van der Waals surface area contributed by atoms with Crippen molar-refractivity contribution in [3.05, 3.63) is 41.7 Å². The number of piperidine rings is 2. The molecule has 0 bridgehead atoms. The maximum atomic E-state index is 12.8. The van der Waals surface area contributed by atoms with Gasteiger partial charge < -0.3 is 10.2 Å². The SMILES string of the molecule is O=C1CCC(N2Cc3cc(-c4cnn(C5CCNCC5)c4)ccc3C2=O)C(=O)N1. The zero-order valence-corrected chi connectivity index (χ0v) is 16.1. The first kappa shape index (κ1) is 18.1. The molecular weight excluding hydrogens is 370 g/mol. The molecule has 2 N–H and O–H groups in total. The monoisotopic (exact) mass is 393 g/mol. The molecule has 0 radical (unpaired) electrons. The lowest BCUT2D eigenvalue weighted by atomic mass is 10.0. The maximum absolute atomic E-state index is 12.8. The zero-order valence-electron chi connectivity index (χ0n) is 16.1. The molecule has 0 aliphatic carbocycles. The van der Waals surface area contributed by atoms with E-state index in [1.54, 1.807) is 4.90 Å². The third-order valence-corrected chi connectivity index (χ3v) is 6.14. The number of amides is 3. The van der Waals surface area contributed by atoms with Gasteiger partial charge in [-0.1, -0.05) is 6.07 Å². The van der Waals surface area contributed by atoms with Crippen LogP contribution < -0.4 is 10.6 Å². The lowest BCUT2D eigenvalue weighted by molar-refractivity contribution is -0.136. The van der Waals surface area contributed by atoms with Gasteiger partial charge in [0.25, 0.3) is 5.91 Å².